The van der Waals surface area contributed by atoms with Crippen LogP contribution in [-0.4, -0.2) is 5.97 Å². The summed E-state index contributed by atoms with van der Waals surface area (Å²) in [5.41, 5.74) is 2.37. The Bertz CT molecular complexity index is 968. The van der Waals surface area contributed by atoms with E-state index in [0.717, 1.165) is 17.2 Å². The largest absolute Gasteiger partial charge is 0.423 e. The molecular formula is C24H23NO2. The van der Waals surface area contributed by atoms with Gasteiger partial charge in [-0.05, 0) is 65.6 Å². The first-order chi connectivity index (χ1) is 13.2. The molecule has 3 nitrogen and oxygen atoms in total. The molecule has 3 heteroatoms. The molecule has 0 amide bonds. The van der Waals surface area contributed by atoms with Gasteiger partial charge in [0.2, 0.25) is 0 Å². The van der Waals surface area contributed by atoms with Crippen molar-refractivity contribution in [2.75, 3.05) is 0 Å². The van der Waals surface area contributed by atoms with Gasteiger partial charge in [-0.2, -0.15) is 5.26 Å². The molecule has 3 aromatic rings. The van der Waals surface area contributed by atoms with Crippen molar-refractivity contribution >= 4 is 16.7 Å². The van der Waals surface area contributed by atoms with Crippen LogP contribution in [0.15, 0.2) is 60.7 Å². The van der Waals surface area contributed by atoms with E-state index in [-0.39, 0.29) is 5.97 Å². The molecule has 27 heavy (non-hydrogen) atoms. The molecule has 0 spiro atoms. The zero-order valence-electron chi connectivity index (χ0n) is 15.6. The number of hydrogen-bond donors (Lipinski definition) is 0. The Balaban J connectivity index is 1.64. The molecule has 0 heterocycles. The molecule has 0 saturated carbocycles. The Morgan fingerprint density at radius 1 is 0.926 bits per heavy atom. The van der Waals surface area contributed by atoms with Crippen LogP contribution in [-0.2, 0) is 6.42 Å². The average Bonchev–Trinajstić information content (AvgIpc) is 2.71. The summed E-state index contributed by atoms with van der Waals surface area (Å²) in [5, 5.41) is 10.8. The zero-order valence-corrected chi connectivity index (χ0v) is 15.6. The van der Waals surface area contributed by atoms with Crippen LogP contribution in [0.2, 0.25) is 0 Å². The molecule has 0 N–H and O–H groups in total. The Morgan fingerprint density at radius 3 is 2.41 bits per heavy atom. The fraction of sp³-hybridized carbons (Fsp3) is 0.250. The summed E-state index contributed by atoms with van der Waals surface area (Å²) in [7, 11) is 0. The van der Waals surface area contributed by atoms with Crippen LogP contribution in [0.5, 0.6) is 5.75 Å². The van der Waals surface area contributed by atoms with Crippen molar-refractivity contribution in [3.8, 4) is 11.8 Å². The first-order valence-electron chi connectivity index (χ1n) is 9.44. The Kier molecular flexibility index (Phi) is 6.22. The van der Waals surface area contributed by atoms with Gasteiger partial charge in [-0.15, -0.1) is 0 Å². The normalized spacial score (nSPS) is 10.5. The van der Waals surface area contributed by atoms with E-state index in [1.165, 1.54) is 31.2 Å². The average molecular weight is 357 g/mol. The molecule has 0 unspecified atom stereocenters. The third kappa shape index (κ3) is 4.95. The summed E-state index contributed by atoms with van der Waals surface area (Å²) in [5.74, 6) is 0.175. The van der Waals surface area contributed by atoms with Gasteiger partial charge in [-0.1, -0.05) is 50.5 Å². The van der Waals surface area contributed by atoms with Crippen LogP contribution in [0.4, 0.5) is 0 Å². The molecule has 0 atom stereocenters. The minimum absolute atomic E-state index is 0.378. The maximum atomic E-state index is 12.4. The molecule has 3 aromatic carbocycles. The lowest BCUT2D eigenvalue weighted by Gasteiger charge is -2.07. The fourth-order valence-electron chi connectivity index (χ4n) is 3.09. The number of hydrogen-bond acceptors (Lipinski definition) is 3. The van der Waals surface area contributed by atoms with E-state index in [1.54, 1.807) is 18.2 Å². The Morgan fingerprint density at radius 2 is 1.67 bits per heavy atom. The second-order valence-electron chi connectivity index (χ2n) is 6.73. The molecule has 0 radical (unpaired) electrons. The molecule has 3 rings (SSSR count). The minimum Gasteiger partial charge on any atom is -0.423 e. The highest BCUT2D eigenvalue weighted by Crippen LogP contribution is 2.20. The molecule has 0 saturated heterocycles. The second kappa shape index (κ2) is 9.00. The summed E-state index contributed by atoms with van der Waals surface area (Å²) >= 11 is 0. The molecule has 0 aromatic heterocycles. The number of benzene rings is 3. The van der Waals surface area contributed by atoms with E-state index in [0.29, 0.717) is 16.9 Å². The number of carbonyl (C=O) groups is 1. The number of nitrogens with zero attached hydrogens (tertiary/aromatic N) is 1. The standard InChI is InChI=1S/C24H23NO2/c1-2-3-4-5-6-18-8-13-23(14-9-18)27-24(26)22-12-11-20-15-19(17-25)7-10-21(20)16-22/h7-16H,2-6H2,1H3. The number of carbonyl (C=O) groups excluding carboxylic acids is 1. The second-order valence-corrected chi connectivity index (χ2v) is 6.73. The van der Waals surface area contributed by atoms with Crippen LogP contribution in [0.1, 0.15) is 54.1 Å². The van der Waals surface area contributed by atoms with Crippen molar-refractivity contribution in [2.45, 2.75) is 39.0 Å². The first-order valence-corrected chi connectivity index (χ1v) is 9.44. The molecule has 0 aliphatic heterocycles. The van der Waals surface area contributed by atoms with E-state index in [4.69, 9.17) is 10.00 Å². The predicted molar refractivity (Wildman–Crippen MR) is 108 cm³/mol. The third-order valence-corrected chi connectivity index (χ3v) is 4.66. The van der Waals surface area contributed by atoms with Crippen molar-refractivity contribution in [2.24, 2.45) is 0 Å². The Labute approximate surface area is 160 Å². The highest BCUT2D eigenvalue weighted by atomic mass is 16.5. The SMILES string of the molecule is CCCCCCc1ccc(OC(=O)c2ccc3cc(C#N)ccc3c2)cc1. The summed E-state index contributed by atoms with van der Waals surface area (Å²) in [6.45, 7) is 2.21. The van der Waals surface area contributed by atoms with E-state index in [9.17, 15) is 4.79 Å². The predicted octanol–water partition coefficient (Wildman–Crippen LogP) is 6.05. The van der Waals surface area contributed by atoms with Gasteiger partial charge in [-0.25, -0.2) is 4.79 Å². The van der Waals surface area contributed by atoms with Crippen molar-refractivity contribution in [3.05, 3.63) is 77.4 Å². The lowest BCUT2D eigenvalue weighted by molar-refractivity contribution is 0.0735. The first kappa shape index (κ1) is 18.7. The van der Waals surface area contributed by atoms with E-state index in [2.05, 4.69) is 13.0 Å². The Hall–Kier alpha value is -3.12. The van der Waals surface area contributed by atoms with Crippen molar-refractivity contribution in [1.29, 1.82) is 5.26 Å². The van der Waals surface area contributed by atoms with Gasteiger partial charge in [0.25, 0.3) is 0 Å². The van der Waals surface area contributed by atoms with Crippen molar-refractivity contribution < 1.29 is 9.53 Å². The summed E-state index contributed by atoms with van der Waals surface area (Å²) in [6.07, 6.45) is 6.02. The maximum Gasteiger partial charge on any atom is 0.343 e. The van der Waals surface area contributed by atoms with Gasteiger partial charge in [0.15, 0.2) is 0 Å². The van der Waals surface area contributed by atoms with Crippen LogP contribution < -0.4 is 4.74 Å². The summed E-state index contributed by atoms with van der Waals surface area (Å²) in [4.78, 5) is 12.4. The number of nitriles is 1. The summed E-state index contributed by atoms with van der Waals surface area (Å²) in [6, 6.07) is 20.6. The zero-order chi connectivity index (χ0) is 19.1. The molecule has 0 fully saturated rings. The van der Waals surface area contributed by atoms with Gasteiger partial charge < -0.3 is 4.74 Å². The quantitative estimate of drug-likeness (QED) is 0.294. The van der Waals surface area contributed by atoms with E-state index < -0.39 is 0 Å². The molecule has 0 bridgehead atoms. The minimum atomic E-state index is -0.378. The molecule has 0 aliphatic rings. The van der Waals surface area contributed by atoms with Crippen LogP contribution in [0.3, 0.4) is 0 Å². The smallest absolute Gasteiger partial charge is 0.343 e. The van der Waals surface area contributed by atoms with Gasteiger partial charge in [0, 0.05) is 0 Å². The number of aryl methyl sites for hydroxylation is 1. The van der Waals surface area contributed by atoms with Crippen LogP contribution in [0, 0.1) is 11.3 Å². The van der Waals surface area contributed by atoms with Gasteiger partial charge in [0.05, 0.1) is 17.2 Å². The fourth-order valence-corrected chi connectivity index (χ4v) is 3.09. The van der Waals surface area contributed by atoms with Crippen molar-refractivity contribution in [1.82, 2.24) is 0 Å². The van der Waals surface area contributed by atoms with Crippen LogP contribution in [0.25, 0.3) is 10.8 Å². The van der Waals surface area contributed by atoms with Gasteiger partial charge >= 0.3 is 5.97 Å². The summed E-state index contributed by atoms with van der Waals surface area (Å²) < 4.78 is 5.50. The number of ether oxygens (including phenoxy) is 1. The number of rotatable bonds is 7. The van der Waals surface area contributed by atoms with Crippen molar-refractivity contribution in [3.63, 3.8) is 0 Å². The molecule has 0 aliphatic carbocycles. The molecule has 136 valence electrons. The monoisotopic (exact) mass is 357 g/mol. The van der Waals surface area contributed by atoms with E-state index >= 15 is 0 Å². The van der Waals surface area contributed by atoms with E-state index in [1.807, 2.05) is 42.5 Å². The topological polar surface area (TPSA) is 50.1 Å². The number of esters is 1. The van der Waals surface area contributed by atoms with Gasteiger partial charge in [0.1, 0.15) is 5.75 Å². The lowest BCUT2D eigenvalue weighted by Crippen LogP contribution is -2.08. The molecular weight excluding hydrogens is 334 g/mol. The maximum absolute atomic E-state index is 12.4. The number of unbranched alkanes of at least 4 members (excludes halogenated alkanes) is 3. The van der Waals surface area contributed by atoms with Crippen LogP contribution >= 0.6 is 0 Å². The van der Waals surface area contributed by atoms with Gasteiger partial charge in [-0.3, -0.25) is 0 Å². The highest BCUT2D eigenvalue weighted by Gasteiger charge is 2.10. The number of fused-ring (bicyclic) bond motifs is 1. The highest BCUT2D eigenvalue weighted by molar-refractivity contribution is 5.96. The third-order valence-electron chi connectivity index (χ3n) is 4.66. The lowest BCUT2D eigenvalue weighted by atomic mass is 10.0.